The van der Waals surface area contributed by atoms with Crippen molar-refractivity contribution in [2.45, 2.75) is 142 Å². The van der Waals surface area contributed by atoms with Gasteiger partial charge in [0.25, 0.3) is 0 Å². The van der Waals surface area contributed by atoms with Crippen LogP contribution in [0.5, 0.6) is 0 Å². The number of carbonyl (C=O) groups is 1. The number of unbranched alkanes of at least 4 members (excludes halogenated alkanes) is 13. The standard InChI is InChI=1S/C35H67N2O6P/c1-6-8-10-12-14-15-16-17-18-19-20-21-22-23-25-27-29-35(39)36-33(34(38)28-26-24-13-11-9-7-2)32-43-44(40,41)42-31-30-37(3,4)5/h15-16,18-19,26,28,33-34,38H,6-14,17,20-25,27,29-32H2,1-5H3,(H-,36,39,40,41)/p+1/b16-15-,19-18-,28-26+. The van der Waals surface area contributed by atoms with Crippen LogP contribution in [0.3, 0.4) is 0 Å². The predicted octanol–water partition coefficient (Wildman–Crippen LogP) is 8.40. The van der Waals surface area contributed by atoms with Gasteiger partial charge >= 0.3 is 7.82 Å². The monoisotopic (exact) mass is 643 g/mol. The molecule has 0 aliphatic carbocycles. The van der Waals surface area contributed by atoms with E-state index in [1.807, 2.05) is 27.2 Å². The first kappa shape index (κ1) is 42.7. The lowest BCUT2D eigenvalue weighted by Gasteiger charge is -2.25. The minimum Gasteiger partial charge on any atom is -0.387 e. The summed E-state index contributed by atoms with van der Waals surface area (Å²) in [7, 11) is 1.55. The summed E-state index contributed by atoms with van der Waals surface area (Å²) in [6.07, 6.45) is 30.9. The fourth-order valence-electron chi connectivity index (χ4n) is 4.48. The van der Waals surface area contributed by atoms with Crippen molar-refractivity contribution >= 4 is 13.7 Å². The summed E-state index contributed by atoms with van der Waals surface area (Å²) < 4.78 is 23.3. The minimum atomic E-state index is -4.32. The molecule has 0 heterocycles. The number of phosphoric ester groups is 1. The number of nitrogens with one attached hydrogen (secondary N) is 1. The molecule has 0 radical (unpaired) electrons. The van der Waals surface area contributed by atoms with Crippen molar-refractivity contribution in [3.8, 4) is 0 Å². The fourth-order valence-corrected chi connectivity index (χ4v) is 5.21. The van der Waals surface area contributed by atoms with Crippen molar-refractivity contribution in [1.82, 2.24) is 5.32 Å². The van der Waals surface area contributed by atoms with Crippen molar-refractivity contribution in [2.75, 3.05) is 40.9 Å². The summed E-state index contributed by atoms with van der Waals surface area (Å²) in [5.41, 5.74) is 0. The number of carbonyl (C=O) groups excluding carboxylic acids is 1. The fraction of sp³-hybridized carbons (Fsp3) is 0.800. The van der Waals surface area contributed by atoms with E-state index in [0.717, 1.165) is 70.6 Å². The summed E-state index contributed by atoms with van der Waals surface area (Å²) in [6.45, 7) is 4.66. The molecule has 0 fully saturated rings. The van der Waals surface area contributed by atoms with Crippen molar-refractivity contribution < 1.29 is 32.9 Å². The second-order valence-electron chi connectivity index (χ2n) is 12.9. The van der Waals surface area contributed by atoms with E-state index in [1.165, 1.54) is 38.5 Å². The Morgan fingerprint density at radius 2 is 1.30 bits per heavy atom. The maximum absolute atomic E-state index is 12.7. The van der Waals surface area contributed by atoms with Crippen LogP contribution in [0, 0.1) is 0 Å². The molecule has 8 nitrogen and oxygen atoms in total. The third-order valence-corrected chi connectivity index (χ3v) is 8.34. The van der Waals surface area contributed by atoms with Crippen molar-refractivity contribution in [3.63, 3.8) is 0 Å². The third kappa shape index (κ3) is 29.4. The molecular weight excluding hydrogens is 575 g/mol. The highest BCUT2D eigenvalue weighted by Gasteiger charge is 2.27. The van der Waals surface area contributed by atoms with Gasteiger partial charge in [-0.25, -0.2) is 4.57 Å². The van der Waals surface area contributed by atoms with E-state index in [0.29, 0.717) is 17.4 Å². The lowest BCUT2D eigenvalue weighted by Crippen LogP contribution is -2.45. The Hall–Kier alpha value is -1.28. The molecule has 0 bridgehead atoms. The SMILES string of the molecule is CCCCCC/C=C\C/C=C\CCCCCCCC(=O)NC(COP(=O)(O)OCC[N+](C)(C)C)C(O)/C=C/CCCCCC. The molecule has 9 heteroatoms. The number of aliphatic hydroxyl groups is 1. The average molecular weight is 644 g/mol. The molecule has 44 heavy (non-hydrogen) atoms. The summed E-state index contributed by atoms with van der Waals surface area (Å²) in [5.74, 6) is -0.200. The molecule has 0 rings (SSSR count). The molecule has 0 spiro atoms. The quantitative estimate of drug-likeness (QED) is 0.0314. The summed E-state index contributed by atoms with van der Waals surface area (Å²) >= 11 is 0. The van der Waals surface area contributed by atoms with Gasteiger partial charge in [0.1, 0.15) is 13.2 Å². The first-order valence-electron chi connectivity index (χ1n) is 17.4. The second kappa shape index (κ2) is 28.0. The Bertz CT molecular complexity index is 825. The molecule has 0 aromatic heterocycles. The number of quaternary nitrogens is 1. The number of aliphatic hydroxyl groups excluding tert-OH is 1. The highest BCUT2D eigenvalue weighted by Crippen LogP contribution is 2.43. The normalized spacial score (nSPS) is 15.3. The summed E-state index contributed by atoms with van der Waals surface area (Å²) in [6, 6.07) is -0.848. The van der Waals surface area contributed by atoms with Gasteiger partial charge in [0.2, 0.25) is 5.91 Å². The smallest absolute Gasteiger partial charge is 0.387 e. The average Bonchev–Trinajstić information content (AvgIpc) is 2.95. The first-order valence-corrected chi connectivity index (χ1v) is 18.9. The summed E-state index contributed by atoms with van der Waals surface area (Å²) in [4.78, 5) is 22.8. The van der Waals surface area contributed by atoms with E-state index >= 15 is 0 Å². The van der Waals surface area contributed by atoms with E-state index in [2.05, 4.69) is 43.5 Å². The number of hydrogen-bond donors (Lipinski definition) is 3. The largest absolute Gasteiger partial charge is 0.472 e. The number of hydrogen-bond acceptors (Lipinski definition) is 5. The molecule has 0 aliphatic heterocycles. The first-order chi connectivity index (χ1) is 21.0. The molecule has 0 saturated heterocycles. The van der Waals surface area contributed by atoms with Crippen LogP contribution < -0.4 is 5.32 Å². The lowest BCUT2D eigenvalue weighted by molar-refractivity contribution is -0.870. The van der Waals surface area contributed by atoms with E-state index < -0.39 is 20.0 Å². The van der Waals surface area contributed by atoms with Gasteiger partial charge in [-0.15, -0.1) is 0 Å². The van der Waals surface area contributed by atoms with Crippen LogP contribution in [0.2, 0.25) is 0 Å². The number of phosphoric acid groups is 1. The molecule has 3 atom stereocenters. The molecule has 0 aliphatic rings. The second-order valence-corrected chi connectivity index (χ2v) is 14.3. The van der Waals surface area contributed by atoms with E-state index in [-0.39, 0.29) is 19.1 Å². The molecule has 3 N–H and O–H groups in total. The maximum Gasteiger partial charge on any atom is 0.472 e. The molecule has 0 saturated carbocycles. The zero-order valence-corrected chi connectivity index (χ0v) is 29.8. The van der Waals surface area contributed by atoms with Crippen molar-refractivity contribution in [1.29, 1.82) is 0 Å². The number of likely N-dealkylation sites (N-methyl/N-ethyl adjacent to an activating group) is 1. The Kier molecular flexibility index (Phi) is 27.2. The number of rotatable bonds is 30. The number of allylic oxidation sites excluding steroid dienone is 5. The molecule has 0 aromatic carbocycles. The molecular formula is C35H68N2O6P+. The van der Waals surface area contributed by atoms with E-state index in [9.17, 15) is 19.4 Å². The van der Waals surface area contributed by atoms with Crippen molar-refractivity contribution in [2.24, 2.45) is 0 Å². The molecule has 3 unspecified atom stereocenters. The van der Waals surface area contributed by atoms with Gasteiger partial charge in [-0.3, -0.25) is 13.8 Å². The van der Waals surface area contributed by atoms with Crippen LogP contribution in [-0.2, 0) is 18.4 Å². The van der Waals surface area contributed by atoms with Crippen LogP contribution in [0.1, 0.15) is 129 Å². The number of amides is 1. The van der Waals surface area contributed by atoms with E-state index in [4.69, 9.17) is 9.05 Å². The van der Waals surface area contributed by atoms with Gasteiger partial charge in [-0.2, -0.15) is 0 Å². The Labute approximate surface area is 270 Å². The lowest BCUT2D eigenvalue weighted by atomic mass is 10.1. The van der Waals surface area contributed by atoms with Gasteiger partial charge in [0.15, 0.2) is 0 Å². The highest BCUT2D eigenvalue weighted by molar-refractivity contribution is 7.47. The van der Waals surface area contributed by atoms with Crippen LogP contribution in [0.25, 0.3) is 0 Å². The Morgan fingerprint density at radius 1 is 0.773 bits per heavy atom. The Morgan fingerprint density at radius 3 is 1.86 bits per heavy atom. The van der Waals surface area contributed by atoms with Crippen molar-refractivity contribution in [3.05, 3.63) is 36.5 Å². The maximum atomic E-state index is 12.7. The zero-order chi connectivity index (χ0) is 32.9. The van der Waals surface area contributed by atoms with Crippen LogP contribution in [0.4, 0.5) is 0 Å². The number of nitrogens with zero attached hydrogens (tertiary/aromatic N) is 1. The highest BCUT2D eigenvalue weighted by atomic mass is 31.2. The van der Waals surface area contributed by atoms with Crippen LogP contribution in [0.15, 0.2) is 36.5 Å². The molecule has 258 valence electrons. The predicted molar refractivity (Wildman–Crippen MR) is 184 cm³/mol. The third-order valence-electron chi connectivity index (χ3n) is 7.35. The van der Waals surface area contributed by atoms with Gasteiger partial charge in [0.05, 0.1) is 39.9 Å². The topological polar surface area (TPSA) is 105 Å². The van der Waals surface area contributed by atoms with Gasteiger partial charge in [-0.1, -0.05) is 108 Å². The van der Waals surface area contributed by atoms with Gasteiger partial charge < -0.3 is 19.8 Å². The van der Waals surface area contributed by atoms with Crippen LogP contribution >= 0.6 is 7.82 Å². The minimum absolute atomic E-state index is 0.0569. The van der Waals surface area contributed by atoms with Crippen LogP contribution in [-0.4, -0.2) is 73.4 Å². The summed E-state index contributed by atoms with van der Waals surface area (Å²) in [5, 5.41) is 13.6. The van der Waals surface area contributed by atoms with Gasteiger partial charge in [0, 0.05) is 6.42 Å². The zero-order valence-electron chi connectivity index (χ0n) is 28.9. The Balaban J connectivity index is 4.45. The van der Waals surface area contributed by atoms with E-state index in [1.54, 1.807) is 6.08 Å². The molecule has 1 amide bonds. The van der Waals surface area contributed by atoms with Gasteiger partial charge in [-0.05, 0) is 51.4 Å². The molecule has 0 aromatic rings.